The normalized spacial score (nSPS) is 17.4. The number of hydrogen-bond donors (Lipinski definition) is 3. The number of carbonyl (C=O) groups excluding carboxylic acids is 4. The summed E-state index contributed by atoms with van der Waals surface area (Å²) >= 11 is 0. The molecule has 4 aliphatic rings. The highest BCUT2D eigenvalue weighted by Crippen LogP contribution is 2.44. The molecule has 19 heteroatoms. The van der Waals surface area contributed by atoms with Crippen LogP contribution in [0.3, 0.4) is 0 Å². The fraction of sp³-hybridized carbons (Fsp3) is 0.396. The molecule has 3 N–H and O–H groups in total. The number of Topliss-reactive ketones (excluding diaryl/α,β-unsaturated/α-hetero) is 1. The SMILES string of the molecule is COc1cc2c(cc1OCCCOc1cc3c(cc1OC)C(=O)N1c4ccccc4CC1CN3)N=CC1Cc3ccc(NC(=O)CCC(C)(C)SSCCC(C(C)=O)S(=O)(=O)O)cc3N1C2=O. The Kier molecular flexibility index (Phi) is 14.1. The molecule has 3 atom stereocenters. The number of hydrogen-bond acceptors (Lipinski definition) is 14. The van der Waals surface area contributed by atoms with Gasteiger partial charge in [0, 0.05) is 66.0 Å². The number of methoxy groups -OCH3 is 2. The molecule has 4 heterocycles. The molecular weight excluding hydrogens is 919 g/mol. The molecule has 0 fully saturated rings. The van der Waals surface area contributed by atoms with E-state index in [1.807, 2.05) is 55.1 Å². The average molecular weight is 972 g/mol. The van der Waals surface area contributed by atoms with Crippen molar-refractivity contribution in [2.45, 2.75) is 81.4 Å². The van der Waals surface area contributed by atoms with Crippen LogP contribution in [-0.2, 0) is 32.5 Å². The molecule has 354 valence electrons. The molecule has 4 aliphatic heterocycles. The van der Waals surface area contributed by atoms with Crippen LogP contribution in [0.15, 0.2) is 71.7 Å². The number of rotatable bonds is 19. The summed E-state index contributed by atoms with van der Waals surface area (Å²) in [7, 11) is 1.47. The number of ether oxygens (including phenoxy) is 4. The van der Waals surface area contributed by atoms with Gasteiger partial charge < -0.3 is 34.5 Å². The lowest BCUT2D eigenvalue weighted by Crippen LogP contribution is -2.39. The van der Waals surface area contributed by atoms with E-state index in [0.717, 1.165) is 30.2 Å². The number of fused-ring (bicyclic) bond motifs is 8. The Morgan fingerprint density at radius 3 is 2.30 bits per heavy atom. The molecule has 3 unspecified atom stereocenters. The maximum Gasteiger partial charge on any atom is 0.274 e. The molecule has 0 bridgehead atoms. The average Bonchev–Trinajstić information content (AvgIpc) is 3.77. The van der Waals surface area contributed by atoms with Gasteiger partial charge in [-0.1, -0.05) is 45.9 Å². The standard InChI is InChI=1S/C48H53N5O11S3/c1-28(54)44(67(58,59)60)14-18-65-66-48(2,3)15-13-45(55)51-31-12-11-30-20-33-27-50-37-25-43(41(62-5)23-35(37)47(57)53(33)39(30)21-31)64-17-8-16-63-42-24-36-34(22-40(42)61-4)46(56)52-32(26-49-36)19-29-9-6-7-10-38(29)52/h6-7,9-12,21-25,27,32-33,44,49H,8,13-20,26H2,1-5H3,(H,51,55)(H,58,59,60). The van der Waals surface area contributed by atoms with Crippen LogP contribution in [0.2, 0.25) is 0 Å². The largest absolute Gasteiger partial charge is 0.493 e. The number of benzene rings is 4. The van der Waals surface area contributed by atoms with E-state index in [1.165, 1.54) is 28.7 Å². The first-order valence-corrected chi connectivity index (χ1v) is 25.8. The molecule has 0 spiro atoms. The van der Waals surface area contributed by atoms with Crippen molar-refractivity contribution in [2.75, 3.05) is 60.2 Å². The molecule has 0 radical (unpaired) electrons. The van der Waals surface area contributed by atoms with Gasteiger partial charge in [-0.2, -0.15) is 8.42 Å². The summed E-state index contributed by atoms with van der Waals surface area (Å²) in [6.07, 6.45) is 4.29. The number of para-hydroxylation sites is 1. The zero-order valence-corrected chi connectivity index (χ0v) is 40.3. The number of nitrogens with one attached hydrogen (secondary N) is 2. The number of anilines is 4. The topological polar surface area (TPSA) is 202 Å². The van der Waals surface area contributed by atoms with Crippen molar-refractivity contribution in [3.63, 3.8) is 0 Å². The minimum Gasteiger partial charge on any atom is -0.493 e. The van der Waals surface area contributed by atoms with Gasteiger partial charge in [0.25, 0.3) is 21.9 Å². The highest BCUT2D eigenvalue weighted by Gasteiger charge is 2.39. The maximum atomic E-state index is 14.3. The van der Waals surface area contributed by atoms with Crippen LogP contribution >= 0.6 is 21.6 Å². The number of ketones is 1. The minimum atomic E-state index is -4.46. The van der Waals surface area contributed by atoms with E-state index in [1.54, 1.807) is 42.5 Å². The molecule has 4 aromatic rings. The molecule has 0 saturated heterocycles. The number of carbonyl (C=O) groups is 4. The molecule has 16 nitrogen and oxygen atoms in total. The van der Waals surface area contributed by atoms with Crippen LogP contribution in [0.1, 0.15) is 78.3 Å². The zero-order valence-electron chi connectivity index (χ0n) is 37.8. The Morgan fingerprint density at radius 2 is 1.58 bits per heavy atom. The molecule has 3 amide bonds. The van der Waals surface area contributed by atoms with Crippen molar-refractivity contribution in [1.29, 1.82) is 0 Å². The Morgan fingerprint density at radius 1 is 0.896 bits per heavy atom. The summed E-state index contributed by atoms with van der Waals surface area (Å²) in [5.41, 5.74) is 6.24. The number of amides is 3. The van der Waals surface area contributed by atoms with Gasteiger partial charge in [-0.25, -0.2) is 0 Å². The van der Waals surface area contributed by atoms with Crippen LogP contribution < -0.4 is 39.4 Å². The van der Waals surface area contributed by atoms with Crippen LogP contribution in [0, 0.1) is 0 Å². The van der Waals surface area contributed by atoms with E-state index in [9.17, 15) is 32.1 Å². The second-order valence-corrected chi connectivity index (χ2v) is 22.1. The van der Waals surface area contributed by atoms with Gasteiger partial charge in [-0.05, 0) is 81.5 Å². The van der Waals surface area contributed by atoms with E-state index in [-0.39, 0.29) is 60.6 Å². The van der Waals surface area contributed by atoms with Gasteiger partial charge >= 0.3 is 0 Å². The van der Waals surface area contributed by atoms with E-state index in [4.69, 9.17) is 23.9 Å². The van der Waals surface area contributed by atoms with Crippen molar-refractivity contribution >= 4 is 89.9 Å². The first-order valence-electron chi connectivity index (χ1n) is 22.0. The summed E-state index contributed by atoms with van der Waals surface area (Å²) in [6, 6.07) is 20.1. The molecular formula is C48H53N5O11S3. The predicted octanol–water partition coefficient (Wildman–Crippen LogP) is 7.95. The molecule has 8 rings (SSSR count). The Hall–Kier alpha value is -5.76. The van der Waals surface area contributed by atoms with Crippen molar-refractivity contribution in [2.24, 2.45) is 4.99 Å². The van der Waals surface area contributed by atoms with Gasteiger partial charge in [0.1, 0.15) is 11.0 Å². The molecule has 67 heavy (non-hydrogen) atoms. The second kappa shape index (κ2) is 19.8. The first kappa shape index (κ1) is 47.7. The van der Waals surface area contributed by atoms with Crippen molar-refractivity contribution in [1.82, 2.24) is 0 Å². The van der Waals surface area contributed by atoms with Crippen LogP contribution in [0.5, 0.6) is 23.0 Å². The number of aliphatic imine (C=N–C) groups is 1. The predicted molar refractivity (Wildman–Crippen MR) is 262 cm³/mol. The molecule has 0 aliphatic carbocycles. The van der Waals surface area contributed by atoms with Gasteiger partial charge in [-0.3, -0.25) is 33.6 Å². The Labute approximate surface area is 397 Å². The van der Waals surface area contributed by atoms with Crippen molar-refractivity contribution < 1.29 is 51.1 Å². The summed E-state index contributed by atoms with van der Waals surface area (Å²) < 4.78 is 55.7. The van der Waals surface area contributed by atoms with Gasteiger partial charge in [0.15, 0.2) is 23.0 Å². The Balaban J connectivity index is 0.854. The quantitative estimate of drug-likeness (QED) is 0.0464. The third-order valence-corrected chi connectivity index (χ3v) is 16.8. The fourth-order valence-corrected chi connectivity index (χ4v) is 12.4. The summed E-state index contributed by atoms with van der Waals surface area (Å²) in [5, 5.41) is 4.98. The van der Waals surface area contributed by atoms with Crippen molar-refractivity contribution in [3.8, 4) is 23.0 Å². The highest BCUT2D eigenvalue weighted by atomic mass is 33.1. The lowest BCUT2D eigenvalue weighted by atomic mass is 10.1. The van der Waals surface area contributed by atoms with Crippen LogP contribution in [0.4, 0.5) is 28.4 Å². The second-order valence-electron chi connectivity index (χ2n) is 17.3. The monoisotopic (exact) mass is 971 g/mol. The third-order valence-electron chi connectivity index (χ3n) is 12.2. The van der Waals surface area contributed by atoms with Gasteiger partial charge in [0.05, 0.1) is 67.7 Å². The first-order chi connectivity index (χ1) is 32.0. The van der Waals surface area contributed by atoms with E-state index in [0.29, 0.717) is 88.4 Å². The van der Waals surface area contributed by atoms with E-state index >= 15 is 0 Å². The van der Waals surface area contributed by atoms with Crippen molar-refractivity contribution in [3.05, 3.63) is 89.0 Å². The lowest BCUT2D eigenvalue weighted by molar-refractivity contribution is -0.117. The molecule has 0 saturated carbocycles. The maximum absolute atomic E-state index is 14.3. The molecule has 4 aromatic carbocycles. The van der Waals surface area contributed by atoms with Crippen LogP contribution in [0.25, 0.3) is 0 Å². The third kappa shape index (κ3) is 10.4. The number of nitrogens with zero attached hydrogens (tertiary/aromatic N) is 3. The Bertz CT molecular complexity index is 2750. The minimum absolute atomic E-state index is 0.00472. The smallest absolute Gasteiger partial charge is 0.274 e. The fourth-order valence-electron chi connectivity index (χ4n) is 8.74. The highest BCUT2D eigenvalue weighted by molar-refractivity contribution is 8.77. The summed E-state index contributed by atoms with van der Waals surface area (Å²) in [4.78, 5) is 61.2. The van der Waals surface area contributed by atoms with Gasteiger partial charge in [0.2, 0.25) is 5.91 Å². The zero-order chi connectivity index (χ0) is 47.6. The van der Waals surface area contributed by atoms with Crippen LogP contribution in [-0.4, -0.2) is 105 Å². The molecule has 0 aromatic heterocycles. The summed E-state index contributed by atoms with van der Waals surface area (Å²) in [6.45, 7) is 6.25. The summed E-state index contributed by atoms with van der Waals surface area (Å²) in [5.74, 6) is 0.912. The van der Waals surface area contributed by atoms with E-state index in [2.05, 4.69) is 16.7 Å². The van der Waals surface area contributed by atoms with E-state index < -0.39 is 21.2 Å². The van der Waals surface area contributed by atoms with Gasteiger partial charge in [-0.15, -0.1) is 0 Å². The lowest BCUT2D eigenvalue weighted by Gasteiger charge is -2.23.